The van der Waals surface area contributed by atoms with Gasteiger partial charge in [-0.3, -0.25) is 15.2 Å². The van der Waals surface area contributed by atoms with Gasteiger partial charge in [0.2, 0.25) is 0 Å². The standard InChI is InChI=1S/C37H47N5O8/c1-37(2,3)32(40-35(45)47-4)33(44)41-42(21-25-9-6-5-7-10-25)22-30(43)29(39-36(46)50-31-23-49-34-28(31)16-18-48-34)19-24-12-14-26(15-13-24)27-11-8-17-38-20-27/h5-15,17,20,28-32,34,43H,16,18-19,21-23H2,1-4H3,(H,39,46)(H,40,45)(H,41,44)/t28-,29-,30-,31-,32+,34+/m0/s1. The Morgan fingerprint density at radius 1 is 0.960 bits per heavy atom. The summed E-state index contributed by atoms with van der Waals surface area (Å²) >= 11 is 0. The van der Waals surface area contributed by atoms with Crippen LogP contribution in [0.25, 0.3) is 11.1 Å². The molecule has 6 atom stereocenters. The Balaban J connectivity index is 1.35. The van der Waals surface area contributed by atoms with Gasteiger partial charge in [0.05, 0.1) is 38.4 Å². The maximum atomic E-state index is 13.7. The molecule has 3 heterocycles. The van der Waals surface area contributed by atoms with E-state index in [1.807, 2.05) is 87.5 Å². The highest BCUT2D eigenvalue weighted by atomic mass is 16.7. The summed E-state index contributed by atoms with van der Waals surface area (Å²) in [7, 11) is 1.23. The highest BCUT2D eigenvalue weighted by Crippen LogP contribution is 2.33. The van der Waals surface area contributed by atoms with Crippen molar-refractivity contribution >= 4 is 18.1 Å². The smallest absolute Gasteiger partial charge is 0.407 e. The number of aliphatic hydroxyl groups excluding tert-OH is 1. The molecule has 2 fully saturated rings. The van der Waals surface area contributed by atoms with Crippen LogP contribution >= 0.6 is 0 Å². The maximum absolute atomic E-state index is 13.7. The van der Waals surface area contributed by atoms with E-state index in [9.17, 15) is 19.5 Å². The van der Waals surface area contributed by atoms with Gasteiger partial charge in [-0.15, -0.1) is 0 Å². The number of pyridine rings is 1. The molecule has 1 aromatic heterocycles. The number of carbonyl (C=O) groups excluding carboxylic acids is 3. The second kappa shape index (κ2) is 16.9. The molecule has 4 N–H and O–H groups in total. The van der Waals surface area contributed by atoms with Crippen LogP contribution in [0.1, 0.15) is 38.3 Å². The first-order valence-corrected chi connectivity index (χ1v) is 16.8. The first-order valence-electron chi connectivity index (χ1n) is 16.8. The monoisotopic (exact) mass is 689 g/mol. The molecule has 2 aliphatic heterocycles. The van der Waals surface area contributed by atoms with Gasteiger partial charge >= 0.3 is 12.2 Å². The Kier molecular flexibility index (Phi) is 12.4. The fourth-order valence-corrected chi connectivity index (χ4v) is 6.15. The van der Waals surface area contributed by atoms with Crippen molar-refractivity contribution < 1.29 is 38.4 Å². The third kappa shape index (κ3) is 10.0. The number of methoxy groups -OCH3 is 1. The molecular formula is C37H47N5O8. The van der Waals surface area contributed by atoms with E-state index >= 15 is 0 Å². The first kappa shape index (κ1) is 36.7. The summed E-state index contributed by atoms with van der Waals surface area (Å²) in [5, 5.41) is 18.9. The predicted molar refractivity (Wildman–Crippen MR) is 184 cm³/mol. The van der Waals surface area contributed by atoms with E-state index in [1.54, 1.807) is 17.4 Å². The molecule has 268 valence electrons. The average molecular weight is 690 g/mol. The van der Waals surface area contributed by atoms with Gasteiger partial charge in [0.15, 0.2) is 6.29 Å². The number of aromatic nitrogens is 1. The molecule has 3 aromatic rings. The maximum Gasteiger partial charge on any atom is 0.407 e. The number of nitrogens with one attached hydrogen (secondary N) is 3. The normalized spacial score (nSPS) is 20.3. The van der Waals surface area contributed by atoms with Crippen LogP contribution in [0.2, 0.25) is 0 Å². The van der Waals surface area contributed by atoms with Crippen molar-refractivity contribution in [3.8, 4) is 11.1 Å². The molecule has 0 radical (unpaired) electrons. The molecule has 0 saturated carbocycles. The lowest BCUT2D eigenvalue weighted by Crippen LogP contribution is -2.59. The summed E-state index contributed by atoms with van der Waals surface area (Å²) in [6.45, 7) is 6.41. The van der Waals surface area contributed by atoms with E-state index in [1.165, 1.54) is 7.11 Å². The zero-order chi connectivity index (χ0) is 35.7. The van der Waals surface area contributed by atoms with Gasteiger partial charge < -0.3 is 34.7 Å². The minimum atomic E-state index is -1.17. The molecule has 2 aromatic carbocycles. The van der Waals surface area contributed by atoms with Gasteiger partial charge in [-0.05, 0) is 46.6 Å². The number of nitrogens with zero attached hydrogens (tertiary/aromatic N) is 2. The quantitative estimate of drug-likeness (QED) is 0.194. The number of carbonyl (C=O) groups is 3. The number of hydrazine groups is 1. The van der Waals surface area contributed by atoms with E-state index in [4.69, 9.17) is 18.9 Å². The van der Waals surface area contributed by atoms with Crippen molar-refractivity contribution in [1.82, 2.24) is 26.1 Å². The summed E-state index contributed by atoms with van der Waals surface area (Å²) < 4.78 is 21.8. The third-order valence-electron chi connectivity index (χ3n) is 8.88. The predicted octanol–water partition coefficient (Wildman–Crippen LogP) is 3.81. The SMILES string of the molecule is COC(=O)N[C@H](C(=O)NN(Cc1ccccc1)C[C@H](O)[C@H](Cc1ccc(-c2cccnc2)cc1)NC(=O)O[C@H]1CO[C@H]2OCC[C@H]21)C(C)(C)C. The van der Waals surface area contributed by atoms with Crippen LogP contribution in [0, 0.1) is 11.3 Å². The molecule has 13 heteroatoms. The van der Waals surface area contributed by atoms with Crippen LogP contribution in [0.5, 0.6) is 0 Å². The van der Waals surface area contributed by atoms with Gasteiger partial charge in [0.1, 0.15) is 12.1 Å². The Morgan fingerprint density at radius 2 is 1.72 bits per heavy atom. The van der Waals surface area contributed by atoms with Gasteiger partial charge in [-0.25, -0.2) is 14.6 Å². The first-order chi connectivity index (χ1) is 24.0. The number of hydrogen-bond donors (Lipinski definition) is 4. The lowest BCUT2D eigenvalue weighted by Gasteiger charge is -2.34. The van der Waals surface area contributed by atoms with Crippen LogP contribution in [-0.4, -0.2) is 90.6 Å². The van der Waals surface area contributed by atoms with Gasteiger partial charge in [0.25, 0.3) is 5.91 Å². The van der Waals surface area contributed by atoms with Crippen LogP contribution < -0.4 is 16.1 Å². The molecule has 13 nitrogen and oxygen atoms in total. The topological polar surface area (TPSA) is 161 Å². The molecule has 50 heavy (non-hydrogen) atoms. The average Bonchev–Trinajstić information content (AvgIpc) is 3.72. The van der Waals surface area contributed by atoms with E-state index in [-0.39, 0.29) is 38.3 Å². The minimum absolute atomic E-state index is 0.0462. The Bertz CT molecular complexity index is 1550. The highest BCUT2D eigenvalue weighted by Gasteiger charge is 2.44. The van der Waals surface area contributed by atoms with Crippen molar-refractivity contribution in [2.24, 2.45) is 11.3 Å². The molecule has 2 aliphatic rings. The molecule has 2 saturated heterocycles. The van der Waals surface area contributed by atoms with Gasteiger partial charge in [0, 0.05) is 25.5 Å². The third-order valence-corrected chi connectivity index (χ3v) is 8.88. The minimum Gasteiger partial charge on any atom is -0.453 e. The number of alkyl carbamates (subject to hydrolysis) is 2. The van der Waals surface area contributed by atoms with Crippen LogP contribution in [0.4, 0.5) is 9.59 Å². The Hall–Kier alpha value is -4.56. The molecule has 0 aliphatic carbocycles. The van der Waals surface area contributed by atoms with E-state index < -0.39 is 47.8 Å². The van der Waals surface area contributed by atoms with E-state index in [2.05, 4.69) is 21.0 Å². The number of amides is 3. The fourth-order valence-electron chi connectivity index (χ4n) is 6.15. The summed E-state index contributed by atoms with van der Waals surface area (Å²) in [4.78, 5) is 43.3. The molecular weight excluding hydrogens is 642 g/mol. The van der Waals surface area contributed by atoms with Gasteiger partial charge in [-0.1, -0.05) is 81.4 Å². The van der Waals surface area contributed by atoms with Crippen molar-refractivity contribution in [2.75, 3.05) is 26.9 Å². The van der Waals surface area contributed by atoms with Crippen molar-refractivity contribution in [2.45, 2.75) is 70.7 Å². The molecule has 5 rings (SSSR count). The van der Waals surface area contributed by atoms with Gasteiger partial charge in [-0.2, -0.15) is 0 Å². The highest BCUT2D eigenvalue weighted by molar-refractivity contribution is 5.86. The Morgan fingerprint density at radius 3 is 2.40 bits per heavy atom. The van der Waals surface area contributed by atoms with Crippen LogP contribution in [0.3, 0.4) is 0 Å². The summed E-state index contributed by atoms with van der Waals surface area (Å²) in [6, 6.07) is 19.3. The summed E-state index contributed by atoms with van der Waals surface area (Å²) in [5.41, 5.74) is 5.91. The fraction of sp³-hybridized carbons (Fsp3) is 0.459. The number of hydrogen-bond acceptors (Lipinski definition) is 10. The zero-order valence-corrected chi connectivity index (χ0v) is 28.9. The van der Waals surface area contributed by atoms with Crippen molar-refractivity contribution in [3.05, 3.63) is 90.3 Å². The largest absolute Gasteiger partial charge is 0.453 e. The number of rotatable bonds is 13. The lowest BCUT2D eigenvalue weighted by atomic mass is 9.86. The van der Waals surface area contributed by atoms with Crippen LogP contribution in [0.15, 0.2) is 79.1 Å². The van der Waals surface area contributed by atoms with E-state index in [0.29, 0.717) is 6.61 Å². The number of aliphatic hydroxyl groups is 1. The second-order valence-electron chi connectivity index (χ2n) is 13.7. The summed E-state index contributed by atoms with van der Waals surface area (Å²) in [6.07, 6.45) is 1.05. The van der Waals surface area contributed by atoms with E-state index in [0.717, 1.165) is 28.7 Å². The number of ether oxygens (including phenoxy) is 4. The van der Waals surface area contributed by atoms with Crippen molar-refractivity contribution in [3.63, 3.8) is 0 Å². The van der Waals surface area contributed by atoms with Crippen LogP contribution in [-0.2, 0) is 36.7 Å². The number of fused-ring (bicyclic) bond motifs is 1. The molecule has 0 bridgehead atoms. The Labute approximate surface area is 292 Å². The second-order valence-corrected chi connectivity index (χ2v) is 13.7. The van der Waals surface area contributed by atoms with Crippen molar-refractivity contribution in [1.29, 1.82) is 0 Å². The molecule has 3 amide bonds. The summed E-state index contributed by atoms with van der Waals surface area (Å²) in [5.74, 6) is -0.536. The molecule has 0 spiro atoms. The lowest BCUT2D eigenvalue weighted by molar-refractivity contribution is -0.131. The zero-order valence-electron chi connectivity index (χ0n) is 28.9. The molecule has 0 unspecified atom stereocenters. The number of benzene rings is 2.